The van der Waals surface area contributed by atoms with Crippen molar-refractivity contribution in [2.24, 2.45) is 0 Å². The van der Waals surface area contributed by atoms with Crippen LogP contribution in [-0.2, 0) is 21.4 Å². The number of benzene rings is 2. The Morgan fingerprint density at radius 3 is 2.46 bits per heavy atom. The molecule has 6 nitrogen and oxygen atoms in total. The average molecular weight is 441 g/mol. The molecule has 9 heteroatoms. The molecule has 0 saturated carbocycles. The Hall–Kier alpha value is -1.80. The molecule has 0 spiro atoms. The molecule has 2 aromatic rings. The number of rotatable bonds is 3. The van der Waals surface area contributed by atoms with Crippen LogP contribution in [0.1, 0.15) is 18.4 Å². The van der Waals surface area contributed by atoms with E-state index >= 15 is 0 Å². The minimum Gasteiger partial charge on any atom is -0.444 e. The molecule has 2 aliphatic rings. The number of hydrogen-bond acceptors (Lipinski definition) is 4. The number of carbonyl (C=O) groups excluding carboxylic acids is 1. The van der Waals surface area contributed by atoms with Gasteiger partial charge in [0.1, 0.15) is 11.5 Å². The van der Waals surface area contributed by atoms with Crippen LogP contribution in [0, 0.1) is 0 Å². The van der Waals surface area contributed by atoms with E-state index < -0.39 is 16.1 Å². The predicted octanol–water partition coefficient (Wildman–Crippen LogP) is 4.30. The molecule has 1 fully saturated rings. The van der Waals surface area contributed by atoms with Gasteiger partial charge in [-0.05, 0) is 43.2 Å². The molecule has 1 saturated heterocycles. The molecule has 28 heavy (non-hydrogen) atoms. The van der Waals surface area contributed by atoms with Crippen molar-refractivity contribution in [1.29, 1.82) is 0 Å². The number of amides is 1. The van der Waals surface area contributed by atoms with E-state index in [4.69, 9.17) is 27.9 Å². The van der Waals surface area contributed by atoms with Gasteiger partial charge in [-0.3, -0.25) is 4.90 Å². The van der Waals surface area contributed by atoms with Gasteiger partial charge in [-0.25, -0.2) is 13.2 Å². The van der Waals surface area contributed by atoms with E-state index in [1.54, 1.807) is 35.2 Å². The Morgan fingerprint density at radius 2 is 1.75 bits per heavy atom. The molecule has 4 rings (SSSR count). The molecular formula is C19H18Cl2N2O4S. The van der Waals surface area contributed by atoms with Gasteiger partial charge >= 0.3 is 6.09 Å². The van der Waals surface area contributed by atoms with E-state index in [1.807, 2.05) is 6.07 Å². The molecule has 2 heterocycles. The van der Waals surface area contributed by atoms with Gasteiger partial charge in [-0.2, -0.15) is 4.31 Å². The summed E-state index contributed by atoms with van der Waals surface area (Å²) in [6.45, 7) is 0.779. The zero-order valence-corrected chi connectivity index (χ0v) is 17.2. The average Bonchev–Trinajstić information content (AvgIpc) is 2.68. The molecule has 0 bridgehead atoms. The monoisotopic (exact) mass is 440 g/mol. The highest BCUT2D eigenvalue weighted by Gasteiger charge is 2.37. The first-order chi connectivity index (χ1) is 13.4. The van der Waals surface area contributed by atoms with Crippen LogP contribution in [0.2, 0.25) is 10.0 Å². The maximum absolute atomic E-state index is 12.9. The molecule has 0 aromatic heterocycles. The van der Waals surface area contributed by atoms with Gasteiger partial charge in [-0.1, -0.05) is 35.3 Å². The summed E-state index contributed by atoms with van der Waals surface area (Å²) in [6, 6.07) is 11.6. The topological polar surface area (TPSA) is 66.9 Å². The normalized spacial score (nSPS) is 18.6. The quantitative estimate of drug-likeness (QED) is 0.713. The lowest BCUT2D eigenvalue weighted by molar-refractivity contribution is 0.136. The zero-order valence-electron chi connectivity index (χ0n) is 14.8. The number of halogens is 2. The third-order valence-electron chi connectivity index (χ3n) is 5.09. The summed E-state index contributed by atoms with van der Waals surface area (Å²) in [6.07, 6.45) is 0.587. The number of fused-ring (bicyclic) bond motifs is 1. The highest BCUT2D eigenvalue weighted by Crippen LogP contribution is 2.34. The largest absolute Gasteiger partial charge is 0.444 e. The standard InChI is InChI=1S/C19H18Cl2N2O4S/c20-14-5-6-17-13(11-14)12-27-19(24)23(17)15-7-9-22(10-8-15)28(25,26)18-4-2-1-3-16(18)21/h1-6,11,15H,7-10,12H2. The molecular weight excluding hydrogens is 423 g/mol. The van der Waals surface area contributed by atoms with E-state index in [2.05, 4.69) is 0 Å². The van der Waals surface area contributed by atoms with Crippen molar-refractivity contribution in [2.45, 2.75) is 30.4 Å². The summed E-state index contributed by atoms with van der Waals surface area (Å²) < 4.78 is 32.5. The molecule has 0 N–H and O–H groups in total. The number of cyclic esters (lactones) is 1. The van der Waals surface area contributed by atoms with Crippen molar-refractivity contribution < 1.29 is 17.9 Å². The summed E-state index contributed by atoms with van der Waals surface area (Å²) in [5.74, 6) is 0. The van der Waals surface area contributed by atoms with Crippen LogP contribution in [0.4, 0.5) is 10.5 Å². The minimum absolute atomic E-state index is 0.104. The van der Waals surface area contributed by atoms with Gasteiger partial charge in [0, 0.05) is 29.7 Å². The summed E-state index contributed by atoms with van der Waals surface area (Å²) in [5, 5.41) is 0.785. The van der Waals surface area contributed by atoms with Crippen LogP contribution in [0.5, 0.6) is 0 Å². The Morgan fingerprint density at radius 1 is 1.04 bits per heavy atom. The second-order valence-electron chi connectivity index (χ2n) is 6.76. The number of piperidine rings is 1. The summed E-state index contributed by atoms with van der Waals surface area (Å²) in [4.78, 5) is 14.1. The Balaban J connectivity index is 1.54. The summed E-state index contributed by atoms with van der Waals surface area (Å²) in [5.41, 5.74) is 1.62. The zero-order chi connectivity index (χ0) is 19.9. The van der Waals surface area contributed by atoms with Gasteiger partial charge in [0.2, 0.25) is 10.0 Å². The van der Waals surface area contributed by atoms with Crippen LogP contribution in [0.3, 0.4) is 0 Å². The first-order valence-corrected chi connectivity index (χ1v) is 11.1. The van der Waals surface area contributed by atoms with E-state index in [1.165, 1.54) is 10.4 Å². The number of anilines is 1. The fourth-order valence-electron chi connectivity index (χ4n) is 3.69. The van der Waals surface area contributed by atoms with E-state index in [9.17, 15) is 13.2 Å². The third kappa shape index (κ3) is 3.48. The SMILES string of the molecule is O=C1OCc2cc(Cl)ccc2N1C1CCN(S(=O)(=O)c2ccccc2Cl)CC1. The van der Waals surface area contributed by atoms with E-state index in [-0.39, 0.29) is 22.6 Å². The van der Waals surface area contributed by atoms with Crippen LogP contribution in [0.15, 0.2) is 47.4 Å². The van der Waals surface area contributed by atoms with Crippen molar-refractivity contribution in [2.75, 3.05) is 18.0 Å². The van der Waals surface area contributed by atoms with Crippen LogP contribution in [0.25, 0.3) is 0 Å². The highest BCUT2D eigenvalue weighted by molar-refractivity contribution is 7.89. The van der Waals surface area contributed by atoms with Gasteiger partial charge in [0.05, 0.1) is 10.7 Å². The smallest absolute Gasteiger partial charge is 0.414 e. The first-order valence-electron chi connectivity index (χ1n) is 8.87. The molecule has 0 radical (unpaired) electrons. The fourth-order valence-corrected chi connectivity index (χ4v) is 5.85. The predicted molar refractivity (Wildman–Crippen MR) is 107 cm³/mol. The Kier molecular flexibility index (Phi) is 5.26. The van der Waals surface area contributed by atoms with Crippen molar-refractivity contribution >= 4 is 45.0 Å². The Labute approximate surface area is 173 Å². The molecule has 0 aliphatic carbocycles. The van der Waals surface area contributed by atoms with Crippen LogP contribution >= 0.6 is 23.2 Å². The van der Waals surface area contributed by atoms with Crippen LogP contribution in [-0.4, -0.2) is 37.9 Å². The maximum atomic E-state index is 12.9. The van der Waals surface area contributed by atoms with Crippen LogP contribution < -0.4 is 4.90 Å². The highest BCUT2D eigenvalue weighted by atomic mass is 35.5. The molecule has 1 amide bonds. The lowest BCUT2D eigenvalue weighted by Gasteiger charge is -2.39. The molecule has 2 aliphatic heterocycles. The van der Waals surface area contributed by atoms with Gasteiger partial charge in [0.15, 0.2) is 0 Å². The maximum Gasteiger partial charge on any atom is 0.414 e. The summed E-state index contributed by atoms with van der Waals surface area (Å²) in [7, 11) is -3.68. The fraction of sp³-hybridized carbons (Fsp3) is 0.316. The van der Waals surface area contributed by atoms with E-state index in [0.29, 0.717) is 31.0 Å². The van der Waals surface area contributed by atoms with Gasteiger partial charge in [-0.15, -0.1) is 0 Å². The molecule has 0 atom stereocenters. The molecule has 0 unspecified atom stereocenters. The number of nitrogens with zero attached hydrogens (tertiary/aromatic N) is 2. The minimum atomic E-state index is -3.68. The second kappa shape index (κ2) is 7.55. The molecule has 148 valence electrons. The van der Waals surface area contributed by atoms with Crippen molar-refractivity contribution in [1.82, 2.24) is 4.31 Å². The van der Waals surface area contributed by atoms with Crippen molar-refractivity contribution in [3.05, 3.63) is 58.1 Å². The van der Waals surface area contributed by atoms with Gasteiger partial charge in [0.25, 0.3) is 0 Å². The van der Waals surface area contributed by atoms with E-state index in [0.717, 1.165) is 11.3 Å². The van der Waals surface area contributed by atoms with Crippen molar-refractivity contribution in [3.63, 3.8) is 0 Å². The first kappa shape index (κ1) is 19.5. The third-order valence-corrected chi connectivity index (χ3v) is 7.73. The summed E-state index contributed by atoms with van der Waals surface area (Å²) >= 11 is 12.1. The second-order valence-corrected chi connectivity index (χ2v) is 9.51. The number of carbonyl (C=O) groups is 1. The molecule has 2 aromatic carbocycles. The number of sulfonamides is 1. The number of ether oxygens (including phenoxy) is 1. The lowest BCUT2D eigenvalue weighted by Crippen LogP contribution is -2.50. The Bertz CT molecular complexity index is 1020. The van der Waals surface area contributed by atoms with Gasteiger partial charge < -0.3 is 4.74 Å². The lowest BCUT2D eigenvalue weighted by atomic mass is 10.0. The number of hydrogen-bond donors (Lipinski definition) is 0. The van der Waals surface area contributed by atoms with Crippen molar-refractivity contribution in [3.8, 4) is 0 Å².